The van der Waals surface area contributed by atoms with Crippen molar-refractivity contribution in [1.82, 2.24) is 9.78 Å². The molecule has 0 saturated heterocycles. The number of ketones is 1. The van der Waals surface area contributed by atoms with E-state index < -0.39 is 10.7 Å². The first-order valence-electron chi connectivity index (χ1n) is 4.97. The average molecular weight is 266 g/mol. The normalized spacial score (nSPS) is 10.3. The summed E-state index contributed by atoms with van der Waals surface area (Å²) >= 11 is 5.89. The van der Waals surface area contributed by atoms with E-state index in [1.54, 1.807) is 7.05 Å². The third-order valence-electron chi connectivity index (χ3n) is 2.46. The lowest BCUT2D eigenvalue weighted by atomic mass is 10.1. The number of aryl methyl sites for hydroxylation is 1. The molecule has 0 aliphatic rings. The standard InChI is InChI=1S/C11H8ClN3O3/c1-14-10(4-5-13-14)11(16)8-6-7(15(17)18)2-3-9(8)12/h2-6H,1H3. The minimum atomic E-state index is -0.573. The van der Waals surface area contributed by atoms with Crippen LogP contribution in [-0.4, -0.2) is 20.5 Å². The lowest BCUT2D eigenvalue weighted by Crippen LogP contribution is -2.09. The van der Waals surface area contributed by atoms with Gasteiger partial charge >= 0.3 is 0 Å². The lowest BCUT2D eigenvalue weighted by molar-refractivity contribution is -0.384. The van der Waals surface area contributed by atoms with Crippen molar-refractivity contribution in [3.63, 3.8) is 0 Å². The first kappa shape index (κ1) is 12.3. The average Bonchev–Trinajstić information content (AvgIpc) is 2.75. The molecule has 0 aliphatic carbocycles. The molecule has 0 spiro atoms. The summed E-state index contributed by atoms with van der Waals surface area (Å²) in [6.45, 7) is 0. The molecule has 0 amide bonds. The number of halogens is 1. The number of hydrogen-bond acceptors (Lipinski definition) is 4. The third kappa shape index (κ3) is 2.10. The summed E-state index contributed by atoms with van der Waals surface area (Å²) in [5, 5.41) is 14.7. The Balaban J connectivity index is 2.51. The summed E-state index contributed by atoms with van der Waals surface area (Å²) in [7, 11) is 1.61. The summed E-state index contributed by atoms with van der Waals surface area (Å²) in [5.74, 6) is -0.399. The predicted octanol–water partition coefficient (Wildman–Crippen LogP) is 2.21. The van der Waals surface area contributed by atoms with E-state index in [-0.39, 0.29) is 16.3 Å². The van der Waals surface area contributed by atoms with Gasteiger partial charge in [-0.3, -0.25) is 19.6 Å². The van der Waals surface area contributed by atoms with Crippen LogP contribution in [0.2, 0.25) is 5.02 Å². The van der Waals surface area contributed by atoms with E-state index in [4.69, 9.17) is 11.6 Å². The Bertz CT molecular complexity index is 636. The molecule has 6 nitrogen and oxygen atoms in total. The van der Waals surface area contributed by atoms with Crippen LogP contribution in [0.25, 0.3) is 0 Å². The van der Waals surface area contributed by atoms with Crippen molar-refractivity contribution in [2.24, 2.45) is 7.05 Å². The van der Waals surface area contributed by atoms with Crippen molar-refractivity contribution < 1.29 is 9.72 Å². The summed E-state index contributed by atoms with van der Waals surface area (Å²) in [6.07, 6.45) is 1.47. The van der Waals surface area contributed by atoms with Gasteiger partial charge in [-0.2, -0.15) is 5.10 Å². The molecule has 0 fully saturated rings. The molecule has 92 valence electrons. The Morgan fingerprint density at radius 3 is 2.72 bits per heavy atom. The quantitative estimate of drug-likeness (QED) is 0.484. The van der Waals surface area contributed by atoms with E-state index in [1.807, 2.05) is 0 Å². The molecule has 0 bridgehead atoms. The highest BCUT2D eigenvalue weighted by Crippen LogP contribution is 2.24. The van der Waals surface area contributed by atoms with E-state index in [0.717, 1.165) is 6.07 Å². The zero-order valence-corrected chi connectivity index (χ0v) is 10.1. The molecule has 0 aliphatic heterocycles. The first-order chi connectivity index (χ1) is 8.50. The number of rotatable bonds is 3. The van der Waals surface area contributed by atoms with Gasteiger partial charge in [-0.25, -0.2) is 0 Å². The highest BCUT2D eigenvalue weighted by molar-refractivity contribution is 6.35. The molecule has 1 aromatic carbocycles. The van der Waals surface area contributed by atoms with Crippen LogP contribution in [0.5, 0.6) is 0 Å². The predicted molar refractivity (Wildman–Crippen MR) is 64.7 cm³/mol. The Labute approximate surface area is 107 Å². The van der Waals surface area contributed by atoms with E-state index in [1.165, 1.54) is 29.1 Å². The Hall–Kier alpha value is -2.21. The van der Waals surface area contributed by atoms with Gasteiger partial charge < -0.3 is 0 Å². The maximum atomic E-state index is 12.2. The summed E-state index contributed by atoms with van der Waals surface area (Å²) in [6, 6.07) is 5.28. The van der Waals surface area contributed by atoms with Crippen LogP contribution >= 0.6 is 11.6 Å². The lowest BCUT2D eigenvalue weighted by Gasteiger charge is -2.03. The van der Waals surface area contributed by atoms with Gasteiger partial charge in [0.2, 0.25) is 5.78 Å². The molecule has 1 aromatic heterocycles. The van der Waals surface area contributed by atoms with Gasteiger partial charge in [-0.1, -0.05) is 11.6 Å². The van der Waals surface area contributed by atoms with E-state index in [9.17, 15) is 14.9 Å². The number of non-ortho nitro benzene ring substituents is 1. The van der Waals surface area contributed by atoms with Crippen LogP contribution in [0, 0.1) is 10.1 Å². The maximum absolute atomic E-state index is 12.2. The fourth-order valence-electron chi connectivity index (χ4n) is 1.54. The van der Waals surface area contributed by atoms with Crippen molar-refractivity contribution in [1.29, 1.82) is 0 Å². The SMILES string of the molecule is Cn1nccc1C(=O)c1cc([N+](=O)[O-])ccc1Cl. The molecule has 1 heterocycles. The van der Waals surface area contributed by atoms with Crippen LogP contribution in [-0.2, 0) is 7.05 Å². The number of carbonyl (C=O) groups excluding carboxylic acids is 1. The molecule has 0 N–H and O–H groups in total. The Kier molecular flexibility index (Phi) is 3.12. The van der Waals surface area contributed by atoms with Crippen molar-refractivity contribution in [2.75, 3.05) is 0 Å². The second-order valence-corrected chi connectivity index (χ2v) is 4.00. The van der Waals surface area contributed by atoms with Gasteiger partial charge in [0.05, 0.1) is 9.95 Å². The molecule has 7 heteroatoms. The van der Waals surface area contributed by atoms with E-state index in [2.05, 4.69) is 5.10 Å². The van der Waals surface area contributed by atoms with Gasteiger partial charge in [0, 0.05) is 30.9 Å². The molecule has 18 heavy (non-hydrogen) atoms. The van der Waals surface area contributed by atoms with Crippen LogP contribution in [0.1, 0.15) is 16.1 Å². The van der Waals surface area contributed by atoms with Crippen LogP contribution in [0.15, 0.2) is 30.5 Å². The fourth-order valence-corrected chi connectivity index (χ4v) is 1.74. The topological polar surface area (TPSA) is 78.0 Å². The van der Waals surface area contributed by atoms with Gasteiger partial charge in [0.25, 0.3) is 5.69 Å². The first-order valence-corrected chi connectivity index (χ1v) is 5.35. The number of carbonyl (C=O) groups is 1. The second-order valence-electron chi connectivity index (χ2n) is 3.59. The van der Waals surface area contributed by atoms with Crippen molar-refractivity contribution in [3.8, 4) is 0 Å². The van der Waals surface area contributed by atoms with Crippen LogP contribution in [0.4, 0.5) is 5.69 Å². The van der Waals surface area contributed by atoms with Gasteiger partial charge in [0.1, 0.15) is 5.69 Å². The van der Waals surface area contributed by atoms with Gasteiger partial charge in [-0.05, 0) is 12.1 Å². The molecular formula is C11H8ClN3O3. The third-order valence-corrected chi connectivity index (χ3v) is 2.79. The van der Waals surface area contributed by atoms with Gasteiger partial charge in [0.15, 0.2) is 0 Å². The van der Waals surface area contributed by atoms with Crippen molar-refractivity contribution >= 4 is 23.1 Å². The summed E-state index contributed by atoms with van der Waals surface area (Å²) in [4.78, 5) is 22.3. The zero-order chi connectivity index (χ0) is 13.3. The largest absolute Gasteiger partial charge is 0.287 e. The molecule has 0 radical (unpaired) electrons. The fraction of sp³-hybridized carbons (Fsp3) is 0.0909. The monoisotopic (exact) mass is 265 g/mol. The Morgan fingerprint density at radius 1 is 1.44 bits per heavy atom. The Morgan fingerprint density at radius 2 is 2.17 bits per heavy atom. The van der Waals surface area contributed by atoms with Crippen molar-refractivity contribution in [2.45, 2.75) is 0 Å². The molecule has 0 saturated carbocycles. The highest BCUT2D eigenvalue weighted by atomic mass is 35.5. The summed E-state index contributed by atoms with van der Waals surface area (Å²) in [5.41, 5.74) is 0.233. The maximum Gasteiger partial charge on any atom is 0.270 e. The number of nitro groups is 1. The van der Waals surface area contributed by atoms with Crippen LogP contribution < -0.4 is 0 Å². The van der Waals surface area contributed by atoms with E-state index >= 15 is 0 Å². The molecule has 0 unspecified atom stereocenters. The minimum Gasteiger partial charge on any atom is -0.287 e. The number of nitrogens with zero attached hydrogens (tertiary/aromatic N) is 3. The highest BCUT2D eigenvalue weighted by Gasteiger charge is 2.19. The minimum absolute atomic E-state index is 0.0921. The molecule has 0 atom stereocenters. The smallest absolute Gasteiger partial charge is 0.270 e. The number of hydrogen-bond donors (Lipinski definition) is 0. The molecular weight excluding hydrogens is 258 g/mol. The molecule has 2 rings (SSSR count). The van der Waals surface area contributed by atoms with Crippen molar-refractivity contribution in [3.05, 3.63) is 56.9 Å². The van der Waals surface area contributed by atoms with Gasteiger partial charge in [-0.15, -0.1) is 0 Å². The van der Waals surface area contributed by atoms with Crippen LogP contribution in [0.3, 0.4) is 0 Å². The summed E-state index contributed by atoms with van der Waals surface area (Å²) < 4.78 is 1.39. The second kappa shape index (κ2) is 4.58. The number of nitro benzene ring substituents is 1. The number of benzene rings is 1. The van der Waals surface area contributed by atoms with E-state index in [0.29, 0.717) is 5.69 Å². The molecule has 2 aromatic rings. The zero-order valence-electron chi connectivity index (χ0n) is 9.33. The number of aromatic nitrogens is 2.